The fourth-order valence-corrected chi connectivity index (χ4v) is 0.721. The Balaban J connectivity index is 3.60. The molecule has 0 saturated heterocycles. The minimum absolute atomic E-state index is 0.633. The Morgan fingerprint density at radius 3 is 2.38 bits per heavy atom. The minimum atomic E-state index is -1.76. The van der Waals surface area contributed by atoms with Gasteiger partial charge in [-0.05, 0) is 6.72 Å². The van der Waals surface area contributed by atoms with Gasteiger partial charge in [-0.1, -0.05) is 0 Å². The van der Waals surface area contributed by atoms with Gasteiger partial charge in [-0.3, -0.25) is 4.99 Å². The van der Waals surface area contributed by atoms with Crippen LogP contribution in [0.15, 0.2) is 4.99 Å². The second-order valence-corrected chi connectivity index (χ2v) is 2.00. The number of nitriles is 1. The minimum Gasteiger partial charge on any atom is -0.258 e. The fraction of sp³-hybridized carbons (Fsp3) is 0. The molecule has 0 unspecified atom stereocenters. The maximum absolute atomic E-state index is 12.8. The van der Waals surface area contributed by atoms with Gasteiger partial charge in [0.2, 0.25) is 5.82 Å². The summed E-state index contributed by atoms with van der Waals surface area (Å²) in [7, 11) is 0. The van der Waals surface area contributed by atoms with E-state index >= 15 is 0 Å². The van der Waals surface area contributed by atoms with Gasteiger partial charge in [0.15, 0.2) is 11.5 Å². The lowest BCUT2D eigenvalue weighted by molar-refractivity contribution is 0.427. The Morgan fingerprint density at radius 2 is 1.92 bits per heavy atom. The zero-order valence-electron chi connectivity index (χ0n) is 6.18. The summed E-state index contributed by atoms with van der Waals surface area (Å²) >= 11 is 0. The highest BCUT2D eigenvalue weighted by Gasteiger charge is 2.19. The lowest BCUT2D eigenvalue weighted by atomic mass is 10.3. The van der Waals surface area contributed by atoms with Gasteiger partial charge in [0.05, 0.1) is 0 Å². The quantitative estimate of drug-likeness (QED) is 0.493. The Bertz CT molecular complexity index is 408. The molecule has 1 aromatic rings. The molecule has 0 N–H and O–H groups in total. The van der Waals surface area contributed by atoms with Gasteiger partial charge < -0.3 is 0 Å². The second-order valence-electron chi connectivity index (χ2n) is 2.00. The molecule has 6 heteroatoms. The van der Waals surface area contributed by atoms with Crippen LogP contribution in [0.25, 0.3) is 0 Å². The molecule has 3 nitrogen and oxygen atoms in total. The Kier molecular flexibility index (Phi) is 2.28. The molecule has 0 aliphatic carbocycles. The van der Waals surface area contributed by atoms with E-state index in [0.717, 1.165) is 0 Å². The normalized spacial score (nSPS) is 9.38. The number of aromatic nitrogens is 1. The van der Waals surface area contributed by atoms with Crippen LogP contribution >= 0.6 is 0 Å². The van der Waals surface area contributed by atoms with Crippen molar-refractivity contribution in [3.8, 4) is 6.07 Å². The van der Waals surface area contributed by atoms with E-state index in [0.29, 0.717) is 0 Å². The number of hydrogen-bond acceptors (Lipinski definition) is 3. The molecule has 0 amide bonds. The van der Waals surface area contributed by atoms with E-state index in [1.54, 1.807) is 0 Å². The zero-order valence-corrected chi connectivity index (χ0v) is 6.18. The van der Waals surface area contributed by atoms with E-state index in [1.165, 1.54) is 6.07 Å². The van der Waals surface area contributed by atoms with Gasteiger partial charge in [0.25, 0.3) is 5.95 Å². The third-order valence-electron chi connectivity index (χ3n) is 1.28. The largest absolute Gasteiger partial charge is 0.258 e. The highest BCUT2D eigenvalue weighted by atomic mass is 19.2. The highest BCUT2D eigenvalue weighted by molar-refractivity contribution is 5.54. The summed E-state index contributed by atoms with van der Waals surface area (Å²) in [5.41, 5.74) is -1.31. The second kappa shape index (κ2) is 3.23. The van der Waals surface area contributed by atoms with E-state index in [2.05, 4.69) is 16.7 Å². The SMILES string of the molecule is C=Nc1c(C#N)nc(F)c(F)c1F. The first-order valence-electron chi connectivity index (χ1n) is 3.03. The zero-order chi connectivity index (χ0) is 10.0. The number of rotatable bonds is 1. The van der Waals surface area contributed by atoms with E-state index in [1.807, 2.05) is 0 Å². The number of hydrogen-bond donors (Lipinski definition) is 0. The number of nitrogens with zero attached hydrogens (tertiary/aromatic N) is 3. The molecule has 1 aromatic heterocycles. The van der Waals surface area contributed by atoms with Crippen molar-refractivity contribution in [2.45, 2.75) is 0 Å². The lowest BCUT2D eigenvalue weighted by Gasteiger charge is -1.99. The first-order chi connectivity index (χ1) is 6.11. The van der Waals surface area contributed by atoms with Crippen molar-refractivity contribution in [2.24, 2.45) is 4.99 Å². The summed E-state index contributed by atoms with van der Waals surface area (Å²) in [5, 5.41) is 8.33. The third-order valence-corrected chi connectivity index (χ3v) is 1.28. The molecule has 13 heavy (non-hydrogen) atoms. The average molecular weight is 185 g/mol. The molecular weight excluding hydrogens is 183 g/mol. The summed E-state index contributed by atoms with van der Waals surface area (Å²) in [4.78, 5) is 5.87. The Morgan fingerprint density at radius 1 is 1.31 bits per heavy atom. The van der Waals surface area contributed by atoms with Crippen molar-refractivity contribution >= 4 is 12.4 Å². The molecule has 1 heterocycles. The first kappa shape index (κ1) is 9.19. The number of halogens is 3. The van der Waals surface area contributed by atoms with Crippen LogP contribution in [0.3, 0.4) is 0 Å². The van der Waals surface area contributed by atoms with Crippen LogP contribution in [0.4, 0.5) is 18.9 Å². The van der Waals surface area contributed by atoms with E-state index in [4.69, 9.17) is 5.26 Å². The Labute approximate surface area is 71.2 Å². The molecule has 0 aromatic carbocycles. The van der Waals surface area contributed by atoms with Gasteiger partial charge in [-0.25, -0.2) is 9.37 Å². The van der Waals surface area contributed by atoms with Crippen molar-refractivity contribution in [1.82, 2.24) is 4.98 Å². The van der Waals surface area contributed by atoms with Crippen LogP contribution in [0, 0.1) is 28.9 Å². The molecule has 0 aliphatic heterocycles. The summed E-state index contributed by atoms with van der Waals surface area (Å²) in [6.07, 6.45) is 0. The summed E-state index contributed by atoms with van der Waals surface area (Å²) in [5.74, 6) is -4.98. The third kappa shape index (κ3) is 1.36. The number of aliphatic imine (C=N–C) groups is 1. The van der Waals surface area contributed by atoms with Crippen LogP contribution in [0.5, 0.6) is 0 Å². The predicted octanol–water partition coefficient (Wildman–Crippen LogP) is 1.70. The molecule has 0 spiro atoms. The molecular formula is C7H2F3N3. The predicted molar refractivity (Wildman–Crippen MR) is 38.0 cm³/mol. The van der Waals surface area contributed by atoms with Crippen LogP contribution < -0.4 is 0 Å². The van der Waals surface area contributed by atoms with Gasteiger partial charge in [-0.15, -0.1) is 0 Å². The van der Waals surface area contributed by atoms with Crippen molar-refractivity contribution in [3.05, 3.63) is 23.3 Å². The van der Waals surface area contributed by atoms with Gasteiger partial charge in [-0.2, -0.15) is 14.0 Å². The topological polar surface area (TPSA) is 49.0 Å². The summed E-state index contributed by atoms with van der Waals surface area (Å²) in [6, 6.07) is 1.36. The van der Waals surface area contributed by atoms with Crippen molar-refractivity contribution in [3.63, 3.8) is 0 Å². The maximum Gasteiger partial charge on any atom is 0.253 e. The van der Waals surface area contributed by atoms with Crippen molar-refractivity contribution in [2.75, 3.05) is 0 Å². The molecule has 66 valence electrons. The summed E-state index contributed by atoms with van der Waals surface area (Å²) in [6.45, 7) is 2.90. The molecule has 0 bridgehead atoms. The molecule has 0 saturated carbocycles. The van der Waals surface area contributed by atoms with Crippen LogP contribution in [-0.2, 0) is 0 Å². The van der Waals surface area contributed by atoms with Gasteiger partial charge in [0.1, 0.15) is 11.8 Å². The van der Waals surface area contributed by atoms with E-state index in [-0.39, 0.29) is 0 Å². The van der Waals surface area contributed by atoms with Crippen LogP contribution in [0.2, 0.25) is 0 Å². The van der Waals surface area contributed by atoms with Crippen molar-refractivity contribution < 1.29 is 13.2 Å². The van der Waals surface area contributed by atoms with Gasteiger partial charge in [0, 0.05) is 0 Å². The smallest absolute Gasteiger partial charge is 0.253 e. The number of pyridine rings is 1. The maximum atomic E-state index is 12.8. The summed E-state index contributed by atoms with van der Waals surface area (Å²) < 4.78 is 37.7. The molecule has 0 atom stereocenters. The van der Waals surface area contributed by atoms with Gasteiger partial charge >= 0.3 is 0 Å². The lowest BCUT2D eigenvalue weighted by Crippen LogP contribution is -1.98. The molecule has 0 aliphatic rings. The van der Waals surface area contributed by atoms with E-state index in [9.17, 15) is 13.2 Å². The van der Waals surface area contributed by atoms with Crippen LogP contribution in [-0.4, -0.2) is 11.7 Å². The van der Waals surface area contributed by atoms with E-state index < -0.39 is 29.0 Å². The highest BCUT2D eigenvalue weighted by Crippen LogP contribution is 2.23. The average Bonchev–Trinajstić information content (AvgIpc) is 2.13. The molecule has 0 fully saturated rings. The fourth-order valence-electron chi connectivity index (χ4n) is 0.721. The standard InChI is InChI=1S/C7H2F3N3/c1-12-6-3(2-11)13-7(10)5(9)4(6)8/h1H2. The Hall–Kier alpha value is -1.90. The van der Waals surface area contributed by atoms with Crippen molar-refractivity contribution in [1.29, 1.82) is 5.26 Å². The molecule has 1 rings (SSSR count). The first-order valence-corrected chi connectivity index (χ1v) is 3.03. The van der Waals surface area contributed by atoms with Crippen LogP contribution in [0.1, 0.15) is 5.69 Å². The molecule has 0 radical (unpaired) electrons. The monoisotopic (exact) mass is 185 g/mol.